The van der Waals surface area contributed by atoms with Crippen LogP contribution < -0.4 is 10.9 Å². The van der Waals surface area contributed by atoms with Crippen molar-refractivity contribution in [2.24, 2.45) is 0 Å². The Bertz CT molecular complexity index is 719. The lowest BCUT2D eigenvalue weighted by molar-refractivity contribution is 0.554. The van der Waals surface area contributed by atoms with Gasteiger partial charge in [-0.15, -0.1) is 0 Å². The fraction of sp³-hybridized carbons (Fsp3) is 0.412. The van der Waals surface area contributed by atoms with Crippen molar-refractivity contribution in [3.8, 4) is 0 Å². The Labute approximate surface area is 133 Å². The van der Waals surface area contributed by atoms with Gasteiger partial charge in [0.2, 0.25) is 5.95 Å². The number of benzene rings is 1. The van der Waals surface area contributed by atoms with Crippen molar-refractivity contribution in [3.63, 3.8) is 0 Å². The molecule has 6 heteroatoms. The topological polar surface area (TPSA) is 57.8 Å². The number of halogens is 2. The molecule has 1 saturated carbocycles. The zero-order valence-corrected chi connectivity index (χ0v) is 12.7. The quantitative estimate of drug-likeness (QED) is 0.890. The van der Waals surface area contributed by atoms with Gasteiger partial charge in [0.15, 0.2) is 0 Å². The van der Waals surface area contributed by atoms with Gasteiger partial charge >= 0.3 is 0 Å². The third-order valence-corrected chi connectivity index (χ3v) is 4.18. The van der Waals surface area contributed by atoms with Gasteiger partial charge in [-0.05, 0) is 37.8 Å². The lowest BCUT2D eigenvalue weighted by Crippen LogP contribution is -2.21. The van der Waals surface area contributed by atoms with Crippen molar-refractivity contribution in [2.45, 2.75) is 44.6 Å². The monoisotopic (exact) mass is 319 g/mol. The fourth-order valence-electron chi connectivity index (χ4n) is 2.99. The minimum Gasteiger partial charge on any atom is -0.353 e. The maximum atomic E-state index is 13.6. The van der Waals surface area contributed by atoms with Gasteiger partial charge in [-0.25, -0.2) is 13.8 Å². The van der Waals surface area contributed by atoms with Crippen LogP contribution in [0.15, 0.2) is 29.1 Å². The highest BCUT2D eigenvalue weighted by Gasteiger charge is 2.16. The molecule has 3 rings (SSSR count). The van der Waals surface area contributed by atoms with Gasteiger partial charge < -0.3 is 5.32 Å². The van der Waals surface area contributed by atoms with Crippen LogP contribution in [0.1, 0.15) is 36.9 Å². The van der Waals surface area contributed by atoms with Gasteiger partial charge in [0.25, 0.3) is 5.56 Å². The minimum atomic E-state index is -0.570. The number of H-pyrrole nitrogens is 1. The highest BCUT2D eigenvalue weighted by atomic mass is 19.1. The molecule has 0 aliphatic heterocycles. The summed E-state index contributed by atoms with van der Waals surface area (Å²) in [5.74, 6) is -0.702. The normalized spacial score (nSPS) is 15.0. The van der Waals surface area contributed by atoms with Crippen LogP contribution in [-0.4, -0.2) is 16.0 Å². The van der Waals surface area contributed by atoms with E-state index >= 15 is 0 Å². The van der Waals surface area contributed by atoms with Crippen LogP contribution >= 0.6 is 0 Å². The number of aromatic amines is 1. The highest BCUT2D eigenvalue weighted by molar-refractivity contribution is 5.28. The highest BCUT2D eigenvalue weighted by Crippen LogP contribution is 2.20. The van der Waals surface area contributed by atoms with Gasteiger partial charge in [0, 0.05) is 17.7 Å². The van der Waals surface area contributed by atoms with E-state index in [9.17, 15) is 13.6 Å². The molecule has 1 aromatic heterocycles. The van der Waals surface area contributed by atoms with E-state index < -0.39 is 11.6 Å². The standard InChI is InChI=1S/C17H19F2N3O/c18-14-6-3-7-15(19)13(14)9-8-12-10-16(23)22-17(21-12)20-11-4-1-2-5-11/h3,6-7,10-11H,1-2,4-5,8-9H2,(H2,20,21,22,23). The molecule has 122 valence electrons. The van der Waals surface area contributed by atoms with E-state index in [1.165, 1.54) is 37.1 Å². The molecule has 1 aromatic carbocycles. The van der Waals surface area contributed by atoms with Gasteiger partial charge in [-0.1, -0.05) is 18.9 Å². The Hall–Kier alpha value is -2.24. The predicted molar refractivity (Wildman–Crippen MR) is 84.5 cm³/mol. The third kappa shape index (κ3) is 3.94. The Morgan fingerprint density at radius 1 is 1.17 bits per heavy atom. The molecule has 0 unspecified atom stereocenters. The second-order valence-electron chi connectivity index (χ2n) is 5.91. The lowest BCUT2D eigenvalue weighted by Gasteiger charge is -2.13. The molecule has 4 nitrogen and oxygen atoms in total. The number of nitrogens with zero attached hydrogens (tertiary/aromatic N) is 1. The summed E-state index contributed by atoms with van der Waals surface area (Å²) in [5, 5.41) is 3.23. The molecule has 2 aromatic rings. The second kappa shape index (κ2) is 6.89. The van der Waals surface area contributed by atoms with Gasteiger partial charge in [0.1, 0.15) is 11.6 Å². The van der Waals surface area contributed by atoms with Crippen molar-refractivity contribution in [1.29, 1.82) is 0 Å². The summed E-state index contributed by atoms with van der Waals surface area (Å²) < 4.78 is 27.3. The summed E-state index contributed by atoms with van der Waals surface area (Å²) in [7, 11) is 0. The summed E-state index contributed by atoms with van der Waals surface area (Å²) in [4.78, 5) is 18.8. The first kappa shape index (κ1) is 15.6. The van der Waals surface area contributed by atoms with Crippen LogP contribution in [0.25, 0.3) is 0 Å². The first-order valence-corrected chi connectivity index (χ1v) is 7.91. The second-order valence-corrected chi connectivity index (χ2v) is 5.91. The van der Waals surface area contributed by atoms with Gasteiger partial charge in [-0.2, -0.15) is 0 Å². The molecule has 1 heterocycles. The predicted octanol–water partition coefficient (Wildman–Crippen LogP) is 3.19. The maximum absolute atomic E-state index is 13.6. The van der Waals surface area contributed by atoms with E-state index in [0.29, 0.717) is 24.1 Å². The van der Waals surface area contributed by atoms with Crippen molar-refractivity contribution in [1.82, 2.24) is 9.97 Å². The van der Waals surface area contributed by atoms with E-state index in [1.807, 2.05) is 0 Å². The number of anilines is 1. The number of aromatic nitrogens is 2. The number of rotatable bonds is 5. The summed E-state index contributed by atoms with van der Waals surface area (Å²) in [5.41, 5.74) is 0.293. The summed E-state index contributed by atoms with van der Waals surface area (Å²) in [6.45, 7) is 0. The smallest absolute Gasteiger partial charge is 0.252 e. The Morgan fingerprint density at radius 3 is 2.57 bits per heavy atom. The van der Waals surface area contributed by atoms with Crippen LogP contribution in [0.4, 0.5) is 14.7 Å². The Morgan fingerprint density at radius 2 is 1.87 bits per heavy atom. The number of hydrogen-bond donors (Lipinski definition) is 2. The largest absolute Gasteiger partial charge is 0.353 e. The number of aryl methyl sites for hydroxylation is 1. The SMILES string of the molecule is O=c1cc(CCc2c(F)cccc2F)nc(NC2CCCC2)[nH]1. The first-order chi connectivity index (χ1) is 11.1. The molecule has 0 saturated heterocycles. The molecule has 23 heavy (non-hydrogen) atoms. The van der Waals surface area contributed by atoms with Crippen molar-refractivity contribution >= 4 is 5.95 Å². The molecular formula is C17H19F2N3O. The molecule has 0 bridgehead atoms. The average molecular weight is 319 g/mol. The summed E-state index contributed by atoms with van der Waals surface area (Å²) in [6.07, 6.45) is 4.95. The molecule has 1 aliphatic carbocycles. The molecular weight excluding hydrogens is 300 g/mol. The van der Waals surface area contributed by atoms with E-state index in [0.717, 1.165) is 12.8 Å². The average Bonchev–Trinajstić information content (AvgIpc) is 2.99. The Balaban J connectivity index is 1.72. The van der Waals surface area contributed by atoms with Crippen LogP contribution in [0.3, 0.4) is 0 Å². The molecule has 1 aliphatic rings. The third-order valence-electron chi connectivity index (χ3n) is 4.18. The zero-order chi connectivity index (χ0) is 16.2. The molecule has 2 N–H and O–H groups in total. The van der Waals surface area contributed by atoms with Crippen molar-refractivity contribution < 1.29 is 8.78 Å². The first-order valence-electron chi connectivity index (χ1n) is 7.91. The summed E-state index contributed by atoms with van der Waals surface area (Å²) in [6, 6.07) is 5.51. The fourth-order valence-corrected chi connectivity index (χ4v) is 2.99. The minimum absolute atomic E-state index is 0.0277. The number of nitrogens with one attached hydrogen (secondary N) is 2. The summed E-state index contributed by atoms with van der Waals surface area (Å²) >= 11 is 0. The Kier molecular flexibility index (Phi) is 4.69. The van der Waals surface area contributed by atoms with E-state index in [-0.39, 0.29) is 17.5 Å². The van der Waals surface area contributed by atoms with Crippen LogP contribution in [0, 0.1) is 11.6 Å². The van der Waals surface area contributed by atoms with E-state index in [4.69, 9.17) is 0 Å². The van der Waals surface area contributed by atoms with E-state index in [2.05, 4.69) is 15.3 Å². The molecule has 0 atom stereocenters. The maximum Gasteiger partial charge on any atom is 0.252 e. The molecule has 0 amide bonds. The molecule has 0 spiro atoms. The zero-order valence-electron chi connectivity index (χ0n) is 12.7. The molecule has 1 fully saturated rings. The molecule has 0 radical (unpaired) electrons. The van der Waals surface area contributed by atoms with Crippen molar-refractivity contribution in [2.75, 3.05) is 5.32 Å². The van der Waals surface area contributed by atoms with Gasteiger partial charge in [-0.3, -0.25) is 9.78 Å². The van der Waals surface area contributed by atoms with Crippen LogP contribution in [-0.2, 0) is 12.8 Å². The lowest BCUT2D eigenvalue weighted by atomic mass is 10.1. The van der Waals surface area contributed by atoms with Crippen molar-refractivity contribution in [3.05, 3.63) is 57.5 Å². The van der Waals surface area contributed by atoms with Gasteiger partial charge in [0.05, 0.1) is 5.69 Å². The number of hydrogen-bond acceptors (Lipinski definition) is 3. The van der Waals surface area contributed by atoms with E-state index in [1.54, 1.807) is 0 Å². The van der Waals surface area contributed by atoms with Crippen LogP contribution in [0.2, 0.25) is 0 Å². The van der Waals surface area contributed by atoms with Crippen LogP contribution in [0.5, 0.6) is 0 Å².